The maximum atomic E-state index is 13.1. The monoisotopic (exact) mass is 458 g/mol. The van der Waals surface area contributed by atoms with Crippen molar-refractivity contribution in [3.8, 4) is 17.3 Å². The number of carbonyl (C=O) groups excluding carboxylic acids is 1. The van der Waals surface area contributed by atoms with E-state index in [-0.39, 0.29) is 5.91 Å². The quantitative estimate of drug-likeness (QED) is 0.427. The highest BCUT2D eigenvalue weighted by molar-refractivity contribution is 5.94. The second kappa shape index (κ2) is 8.55. The Labute approximate surface area is 196 Å². The van der Waals surface area contributed by atoms with Crippen LogP contribution >= 0.6 is 0 Å². The molecule has 0 bridgehead atoms. The van der Waals surface area contributed by atoms with Gasteiger partial charge in [0.15, 0.2) is 11.5 Å². The third-order valence-electron chi connectivity index (χ3n) is 6.65. The Morgan fingerprint density at radius 2 is 1.91 bits per heavy atom. The zero-order valence-electron chi connectivity index (χ0n) is 19.1. The molecule has 9 nitrogen and oxygen atoms in total. The molecule has 1 amide bonds. The van der Waals surface area contributed by atoms with Crippen LogP contribution in [0.1, 0.15) is 59.2 Å². The lowest BCUT2D eigenvalue weighted by Gasteiger charge is -2.31. The molecule has 3 aromatic heterocycles. The molecule has 1 saturated carbocycles. The van der Waals surface area contributed by atoms with Gasteiger partial charge in [0.2, 0.25) is 0 Å². The highest BCUT2D eigenvalue weighted by Gasteiger charge is 2.29. The van der Waals surface area contributed by atoms with Crippen LogP contribution in [0.15, 0.2) is 51.6 Å². The number of amides is 1. The molecule has 0 atom stereocenters. The van der Waals surface area contributed by atoms with Gasteiger partial charge in [0.05, 0.1) is 11.4 Å². The summed E-state index contributed by atoms with van der Waals surface area (Å²) in [5.74, 6) is 2.95. The highest BCUT2D eigenvalue weighted by Crippen LogP contribution is 2.41. The van der Waals surface area contributed by atoms with Gasteiger partial charge in [-0.15, -0.1) is 0 Å². The molecule has 174 valence electrons. The Kier molecular flexibility index (Phi) is 5.24. The molecule has 1 aliphatic heterocycles. The molecule has 1 saturated heterocycles. The largest absolute Gasteiger partial charge is 0.360 e. The van der Waals surface area contributed by atoms with Crippen molar-refractivity contribution in [3.05, 3.63) is 65.4 Å². The van der Waals surface area contributed by atoms with E-state index in [1.165, 1.54) is 0 Å². The molecule has 2 aliphatic rings. The third-order valence-corrected chi connectivity index (χ3v) is 6.65. The summed E-state index contributed by atoms with van der Waals surface area (Å²) in [4.78, 5) is 19.6. The molecule has 1 aliphatic carbocycles. The number of aromatic nitrogens is 5. The maximum Gasteiger partial charge on any atom is 0.280 e. The van der Waals surface area contributed by atoms with Gasteiger partial charge < -0.3 is 13.9 Å². The molecular weight excluding hydrogens is 432 g/mol. The van der Waals surface area contributed by atoms with E-state index in [4.69, 9.17) is 9.05 Å². The fourth-order valence-corrected chi connectivity index (χ4v) is 4.51. The van der Waals surface area contributed by atoms with E-state index in [0.29, 0.717) is 47.9 Å². The van der Waals surface area contributed by atoms with Gasteiger partial charge >= 0.3 is 0 Å². The van der Waals surface area contributed by atoms with Crippen LogP contribution in [-0.2, 0) is 6.42 Å². The van der Waals surface area contributed by atoms with E-state index in [9.17, 15) is 4.79 Å². The molecule has 9 heteroatoms. The standard InChI is InChI=1S/C25H26N6O3/c1-16-7-12-31(27-16)20-4-2-3-19(14-20)25(32)30-10-8-17(9-11-30)13-23-26-24(34-29-23)21-15-22(33-28-21)18-5-6-18/h2-4,7,12,14-15,17-18H,5-6,8-11,13H2,1H3. The van der Waals surface area contributed by atoms with Crippen molar-refractivity contribution in [3.63, 3.8) is 0 Å². The summed E-state index contributed by atoms with van der Waals surface area (Å²) >= 11 is 0. The second-order valence-corrected chi connectivity index (χ2v) is 9.30. The lowest BCUT2D eigenvalue weighted by Crippen LogP contribution is -2.39. The van der Waals surface area contributed by atoms with Gasteiger partial charge in [0, 0.05) is 43.3 Å². The van der Waals surface area contributed by atoms with E-state index in [0.717, 1.165) is 49.2 Å². The van der Waals surface area contributed by atoms with Crippen molar-refractivity contribution in [2.45, 2.75) is 44.9 Å². The fourth-order valence-electron chi connectivity index (χ4n) is 4.51. The molecule has 4 heterocycles. The summed E-state index contributed by atoms with van der Waals surface area (Å²) in [5, 5.41) is 12.7. The summed E-state index contributed by atoms with van der Waals surface area (Å²) in [6, 6.07) is 11.5. The molecule has 4 aromatic rings. The van der Waals surface area contributed by atoms with Gasteiger partial charge in [0.1, 0.15) is 5.76 Å². The minimum absolute atomic E-state index is 0.0588. The van der Waals surface area contributed by atoms with E-state index >= 15 is 0 Å². The van der Waals surface area contributed by atoms with Gasteiger partial charge in [-0.25, -0.2) is 4.68 Å². The van der Waals surface area contributed by atoms with Crippen LogP contribution in [0.3, 0.4) is 0 Å². The Balaban J connectivity index is 1.05. The van der Waals surface area contributed by atoms with Crippen LogP contribution < -0.4 is 0 Å². The van der Waals surface area contributed by atoms with Crippen molar-refractivity contribution >= 4 is 5.91 Å². The number of nitrogens with zero attached hydrogens (tertiary/aromatic N) is 6. The zero-order chi connectivity index (χ0) is 23.1. The predicted molar refractivity (Wildman–Crippen MR) is 122 cm³/mol. The van der Waals surface area contributed by atoms with Gasteiger partial charge in [-0.2, -0.15) is 10.1 Å². The van der Waals surface area contributed by atoms with E-state index < -0.39 is 0 Å². The molecular formula is C25H26N6O3. The Morgan fingerprint density at radius 3 is 2.68 bits per heavy atom. The minimum Gasteiger partial charge on any atom is -0.360 e. The minimum atomic E-state index is 0.0588. The Hall–Kier alpha value is -3.75. The van der Waals surface area contributed by atoms with Crippen molar-refractivity contribution < 1.29 is 13.8 Å². The summed E-state index contributed by atoms with van der Waals surface area (Å²) in [6.07, 6.45) is 6.75. The molecule has 34 heavy (non-hydrogen) atoms. The normalized spacial score (nSPS) is 16.8. The Morgan fingerprint density at radius 1 is 1.06 bits per heavy atom. The number of aryl methyl sites for hydroxylation is 1. The predicted octanol–water partition coefficient (Wildman–Crippen LogP) is 4.19. The lowest BCUT2D eigenvalue weighted by molar-refractivity contribution is 0.0689. The van der Waals surface area contributed by atoms with Crippen LogP contribution in [0.2, 0.25) is 0 Å². The lowest BCUT2D eigenvalue weighted by atomic mass is 9.93. The van der Waals surface area contributed by atoms with Crippen LogP contribution in [0.25, 0.3) is 17.3 Å². The second-order valence-electron chi connectivity index (χ2n) is 9.30. The topological polar surface area (TPSA) is 103 Å². The van der Waals surface area contributed by atoms with E-state index in [2.05, 4.69) is 20.4 Å². The Bertz CT molecular complexity index is 1310. The molecule has 0 unspecified atom stereocenters. The van der Waals surface area contributed by atoms with Gasteiger partial charge in [-0.3, -0.25) is 4.79 Å². The van der Waals surface area contributed by atoms with Crippen molar-refractivity contribution in [2.75, 3.05) is 13.1 Å². The van der Waals surface area contributed by atoms with Crippen LogP contribution in [0.4, 0.5) is 0 Å². The molecule has 6 rings (SSSR count). The average Bonchev–Trinajstić information content (AvgIpc) is 3.23. The van der Waals surface area contributed by atoms with Gasteiger partial charge in [-0.05, 0) is 62.8 Å². The third kappa shape index (κ3) is 4.25. The summed E-state index contributed by atoms with van der Waals surface area (Å²) in [7, 11) is 0. The SMILES string of the molecule is Cc1ccn(-c2cccc(C(=O)N3CCC(Cc4noc(-c5cc(C6CC6)on5)n4)CC3)c2)n1. The first-order chi connectivity index (χ1) is 16.6. The summed E-state index contributed by atoms with van der Waals surface area (Å²) < 4.78 is 12.6. The van der Waals surface area contributed by atoms with Crippen molar-refractivity contribution in [1.29, 1.82) is 0 Å². The number of hydrogen-bond donors (Lipinski definition) is 0. The smallest absolute Gasteiger partial charge is 0.280 e. The van der Waals surface area contributed by atoms with Crippen molar-refractivity contribution in [2.24, 2.45) is 5.92 Å². The number of hydrogen-bond acceptors (Lipinski definition) is 7. The first-order valence-electron chi connectivity index (χ1n) is 11.8. The first kappa shape index (κ1) is 20.8. The van der Waals surface area contributed by atoms with Crippen molar-refractivity contribution in [1.82, 2.24) is 30.0 Å². The maximum absolute atomic E-state index is 13.1. The first-order valence-corrected chi connectivity index (χ1v) is 11.8. The molecule has 0 spiro atoms. The molecule has 0 radical (unpaired) electrons. The van der Waals surface area contributed by atoms with Gasteiger partial charge in [-0.1, -0.05) is 16.4 Å². The molecule has 1 aromatic carbocycles. The molecule has 2 fully saturated rings. The highest BCUT2D eigenvalue weighted by atomic mass is 16.5. The van der Waals surface area contributed by atoms with E-state index in [1.807, 2.05) is 54.4 Å². The van der Waals surface area contributed by atoms with Crippen LogP contribution in [0, 0.1) is 12.8 Å². The number of carbonyl (C=O) groups is 1. The zero-order valence-corrected chi connectivity index (χ0v) is 19.1. The van der Waals surface area contributed by atoms with Crippen LogP contribution in [-0.4, -0.2) is 49.0 Å². The van der Waals surface area contributed by atoms with Gasteiger partial charge in [0.25, 0.3) is 11.8 Å². The fraction of sp³-hybridized carbons (Fsp3) is 0.400. The summed E-state index contributed by atoms with van der Waals surface area (Å²) in [5.41, 5.74) is 3.12. The number of benzene rings is 1. The number of likely N-dealkylation sites (tertiary alicyclic amines) is 1. The number of piperidine rings is 1. The van der Waals surface area contributed by atoms with E-state index in [1.54, 1.807) is 4.68 Å². The summed E-state index contributed by atoms with van der Waals surface area (Å²) in [6.45, 7) is 3.38. The molecule has 0 N–H and O–H groups in total. The average molecular weight is 459 g/mol. The van der Waals surface area contributed by atoms with Crippen LogP contribution in [0.5, 0.6) is 0 Å². The number of rotatable bonds is 6.